The fourth-order valence-corrected chi connectivity index (χ4v) is 1.91. The number of hydrogen-bond acceptors (Lipinski definition) is 2. The number of carbonyl (C=O) groups is 1. The van der Waals surface area contributed by atoms with Crippen molar-refractivity contribution in [1.29, 1.82) is 0 Å². The molecule has 1 rings (SSSR count). The SMILES string of the molecule is O=C(O)Cc1c(C(F)F)cc(Cl)nc1Br. The summed E-state index contributed by atoms with van der Waals surface area (Å²) in [6, 6.07) is 0.968. The number of alkyl halides is 2. The molecule has 0 spiro atoms. The highest BCUT2D eigenvalue weighted by Crippen LogP contribution is 2.30. The molecule has 3 nitrogen and oxygen atoms in total. The molecule has 0 radical (unpaired) electrons. The van der Waals surface area contributed by atoms with Crippen LogP contribution in [0.4, 0.5) is 8.78 Å². The molecular weight excluding hydrogens is 295 g/mol. The second-order valence-corrected chi connectivity index (χ2v) is 3.81. The van der Waals surface area contributed by atoms with E-state index < -0.39 is 24.4 Å². The highest BCUT2D eigenvalue weighted by Gasteiger charge is 2.19. The molecule has 0 bridgehead atoms. The van der Waals surface area contributed by atoms with Crippen LogP contribution >= 0.6 is 27.5 Å². The Hall–Kier alpha value is -0.750. The van der Waals surface area contributed by atoms with Gasteiger partial charge in [0.1, 0.15) is 9.76 Å². The highest BCUT2D eigenvalue weighted by atomic mass is 79.9. The van der Waals surface area contributed by atoms with Gasteiger partial charge in [-0.05, 0) is 22.0 Å². The first kappa shape index (κ1) is 12.3. The Morgan fingerprint density at radius 3 is 2.73 bits per heavy atom. The molecule has 0 atom stereocenters. The molecule has 15 heavy (non-hydrogen) atoms. The maximum atomic E-state index is 12.5. The molecule has 0 aliphatic heterocycles. The Morgan fingerprint density at radius 1 is 1.67 bits per heavy atom. The van der Waals surface area contributed by atoms with Gasteiger partial charge < -0.3 is 5.11 Å². The van der Waals surface area contributed by atoms with Gasteiger partial charge in [-0.1, -0.05) is 11.6 Å². The molecule has 0 saturated carbocycles. The standard InChI is InChI=1S/C8H5BrClF2NO2/c9-7-3(2-6(14)15)4(8(11)12)1-5(10)13-7/h1,8H,2H2,(H,14,15). The molecule has 0 fully saturated rings. The Balaban J connectivity index is 3.26. The van der Waals surface area contributed by atoms with Gasteiger partial charge in [0, 0.05) is 11.1 Å². The van der Waals surface area contributed by atoms with Crippen LogP contribution in [0.3, 0.4) is 0 Å². The number of halogens is 4. The lowest BCUT2D eigenvalue weighted by Gasteiger charge is -2.08. The normalized spacial score (nSPS) is 10.7. The zero-order valence-electron chi connectivity index (χ0n) is 7.18. The van der Waals surface area contributed by atoms with Gasteiger partial charge in [0.05, 0.1) is 6.42 Å². The minimum Gasteiger partial charge on any atom is -0.481 e. The van der Waals surface area contributed by atoms with Gasteiger partial charge in [-0.15, -0.1) is 0 Å². The van der Waals surface area contributed by atoms with Crippen molar-refractivity contribution in [3.05, 3.63) is 26.9 Å². The number of aromatic nitrogens is 1. The molecule has 7 heteroatoms. The van der Waals surface area contributed by atoms with Crippen LogP contribution in [-0.4, -0.2) is 16.1 Å². The quantitative estimate of drug-likeness (QED) is 0.873. The molecule has 1 heterocycles. The fourth-order valence-electron chi connectivity index (χ4n) is 1.05. The molecule has 0 amide bonds. The van der Waals surface area contributed by atoms with Crippen molar-refractivity contribution in [1.82, 2.24) is 4.98 Å². The van der Waals surface area contributed by atoms with Crippen LogP contribution in [0.5, 0.6) is 0 Å². The van der Waals surface area contributed by atoms with Gasteiger partial charge in [0.25, 0.3) is 6.43 Å². The maximum Gasteiger partial charge on any atom is 0.307 e. The van der Waals surface area contributed by atoms with Gasteiger partial charge in [0.15, 0.2) is 0 Å². The Labute approximate surface area is 97.2 Å². The average Bonchev–Trinajstić information content (AvgIpc) is 2.08. The van der Waals surface area contributed by atoms with E-state index in [0.717, 1.165) is 6.07 Å². The van der Waals surface area contributed by atoms with Crippen molar-refractivity contribution in [3.63, 3.8) is 0 Å². The smallest absolute Gasteiger partial charge is 0.307 e. The summed E-state index contributed by atoms with van der Waals surface area (Å²) in [4.78, 5) is 14.1. The number of pyridine rings is 1. The largest absolute Gasteiger partial charge is 0.481 e. The first-order valence-corrected chi connectivity index (χ1v) is 4.93. The van der Waals surface area contributed by atoms with Crippen molar-refractivity contribution in [2.24, 2.45) is 0 Å². The summed E-state index contributed by atoms with van der Waals surface area (Å²) < 4.78 is 25.1. The number of rotatable bonds is 3. The number of carboxylic acids is 1. The van der Waals surface area contributed by atoms with E-state index in [1.165, 1.54) is 0 Å². The summed E-state index contributed by atoms with van der Waals surface area (Å²) in [6.07, 6.45) is -3.30. The molecule has 1 aromatic rings. The minimum atomic E-state index is -2.78. The van der Waals surface area contributed by atoms with E-state index in [0.29, 0.717) is 0 Å². The fraction of sp³-hybridized carbons (Fsp3) is 0.250. The molecule has 0 unspecified atom stereocenters. The van der Waals surface area contributed by atoms with Gasteiger partial charge in [-0.3, -0.25) is 4.79 Å². The number of nitrogens with zero attached hydrogens (tertiary/aromatic N) is 1. The van der Waals surface area contributed by atoms with E-state index in [2.05, 4.69) is 20.9 Å². The van der Waals surface area contributed by atoms with Crippen LogP contribution in [0.15, 0.2) is 10.7 Å². The summed E-state index contributed by atoms with van der Waals surface area (Å²) in [6.45, 7) is 0. The van der Waals surface area contributed by atoms with Gasteiger partial charge in [-0.25, -0.2) is 13.8 Å². The van der Waals surface area contributed by atoms with Crippen LogP contribution in [0, 0.1) is 0 Å². The molecule has 0 aliphatic rings. The van der Waals surface area contributed by atoms with Crippen molar-refractivity contribution in [2.75, 3.05) is 0 Å². The minimum absolute atomic E-state index is 0.0349. The lowest BCUT2D eigenvalue weighted by Crippen LogP contribution is -2.06. The first-order valence-electron chi connectivity index (χ1n) is 3.76. The Morgan fingerprint density at radius 2 is 2.27 bits per heavy atom. The van der Waals surface area contributed by atoms with Crippen LogP contribution < -0.4 is 0 Å². The Kier molecular flexibility index (Phi) is 3.98. The summed E-state index contributed by atoms with van der Waals surface area (Å²) >= 11 is 8.38. The lowest BCUT2D eigenvalue weighted by molar-refractivity contribution is -0.136. The van der Waals surface area contributed by atoms with Crippen LogP contribution in [-0.2, 0) is 11.2 Å². The van der Waals surface area contributed by atoms with Crippen LogP contribution in [0.1, 0.15) is 17.6 Å². The van der Waals surface area contributed by atoms with Crippen molar-refractivity contribution in [2.45, 2.75) is 12.8 Å². The van der Waals surface area contributed by atoms with E-state index in [9.17, 15) is 13.6 Å². The van der Waals surface area contributed by atoms with Gasteiger partial charge in [0.2, 0.25) is 0 Å². The lowest BCUT2D eigenvalue weighted by atomic mass is 10.1. The van der Waals surface area contributed by atoms with E-state index in [-0.39, 0.29) is 15.3 Å². The van der Waals surface area contributed by atoms with Crippen LogP contribution in [0.2, 0.25) is 5.15 Å². The third kappa shape index (κ3) is 3.10. The van der Waals surface area contributed by atoms with Crippen molar-refractivity contribution in [3.8, 4) is 0 Å². The van der Waals surface area contributed by atoms with Crippen LogP contribution in [0.25, 0.3) is 0 Å². The van der Waals surface area contributed by atoms with Crippen molar-refractivity contribution >= 4 is 33.5 Å². The van der Waals surface area contributed by atoms with E-state index in [1.54, 1.807) is 0 Å². The monoisotopic (exact) mass is 299 g/mol. The second-order valence-electron chi connectivity index (χ2n) is 2.67. The van der Waals surface area contributed by atoms with E-state index in [1.807, 2.05) is 0 Å². The number of aliphatic carboxylic acids is 1. The molecule has 0 saturated heterocycles. The zero-order chi connectivity index (χ0) is 11.6. The zero-order valence-corrected chi connectivity index (χ0v) is 9.52. The van der Waals surface area contributed by atoms with E-state index >= 15 is 0 Å². The molecule has 0 aliphatic carbocycles. The second kappa shape index (κ2) is 4.85. The first-order chi connectivity index (χ1) is 6.91. The topological polar surface area (TPSA) is 50.2 Å². The third-order valence-electron chi connectivity index (χ3n) is 1.64. The highest BCUT2D eigenvalue weighted by molar-refractivity contribution is 9.10. The Bertz CT molecular complexity index is 400. The summed E-state index contributed by atoms with van der Waals surface area (Å²) in [5, 5.41) is 8.44. The molecule has 0 aromatic carbocycles. The summed E-state index contributed by atoms with van der Waals surface area (Å²) in [5.74, 6) is -1.21. The maximum absolute atomic E-state index is 12.5. The predicted octanol–water partition coefficient (Wildman–Crippen LogP) is 3.06. The molecule has 1 aromatic heterocycles. The number of carboxylic acid groups (broad SMARTS) is 1. The summed E-state index contributed by atoms with van der Waals surface area (Å²) in [7, 11) is 0. The predicted molar refractivity (Wildman–Crippen MR) is 53.2 cm³/mol. The average molecular weight is 300 g/mol. The molecule has 1 N–H and O–H groups in total. The van der Waals surface area contributed by atoms with E-state index in [4.69, 9.17) is 16.7 Å². The third-order valence-corrected chi connectivity index (χ3v) is 2.49. The molecule has 82 valence electrons. The van der Waals surface area contributed by atoms with Gasteiger partial charge >= 0.3 is 5.97 Å². The summed E-state index contributed by atoms with van der Waals surface area (Å²) in [5.41, 5.74) is -0.467. The number of hydrogen-bond donors (Lipinski definition) is 1. The van der Waals surface area contributed by atoms with Gasteiger partial charge in [-0.2, -0.15) is 0 Å². The van der Waals surface area contributed by atoms with Crippen molar-refractivity contribution < 1.29 is 18.7 Å². The molecular formula is C8H5BrClF2NO2.